The second-order valence-electron chi connectivity index (χ2n) is 3.98. The van der Waals surface area contributed by atoms with E-state index in [-0.39, 0.29) is 0 Å². The van der Waals surface area contributed by atoms with Crippen molar-refractivity contribution in [3.63, 3.8) is 0 Å². The monoisotopic (exact) mass is 229 g/mol. The van der Waals surface area contributed by atoms with Gasteiger partial charge in [-0.05, 0) is 12.8 Å². The summed E-state index contributed by atoms with van der Waals surface area (Å²) < 4.78 is 0. The maximum atomic E-state index is 5.19. The van der Waals surface area contributed by atoms with Crippen LogP contribution in [0.1, 0.15) is 45.4 Å². The molecule has 0 aliphatic carbocycles. The van der Waals surface area contributed by atoms with E-state index in [2.05, 4.69) is 25.2 Å². The van der Waals surface area contributed by atoms with Crippen LogP contribution in [0.5, 0.6) is 0 Å². The molecule has 0 fully saturated rings. The molecule has 0 aromatic rings. The van der Waals surface area contributed by atoms with Crippen LogP contribution in [0.15, 0.2) is 54.7 Å². The highest BCUT2D eigenvalue weighted by molar-refractivity contribution is 5.16. The van der Waals surface area contributed by atoms with Crippen molar-refractivity contribution < 1.29 is 0 Å². The molecule has 0 heteroatoms. The molecule has 0 heterocycles. The summed E-state index contributed by atoms with van der Waals surface area (Å²) in [7, 11) is 0. The van der Waals surface area contributed by atoms with Gasteiger partial charge in [0, 0.05) is 0 Å². The Hall–Kier alpha value is -1.30. The summed E-state index contributed by atoms with van der Waals surface area (Å²) in [6.45, 7) is 7.44. The molecule has 17 heavy (non-hydrogen) atoms. The molecule has 0 aliphatic heterocycles. The lowest BCUT2D eigenvalue weighted by atomic mass is 10.1. The average molecular weight is 229 g/mol. The van der Waals surface area contributed by atoms with Gasteiger partial charge in [-0.15, -0.1) is 0 Å². The summed E-state index contributed by atoms with van der Waals surface area (Å²) in [5.74, 6) is 0. The average Bonchev–Trinajstić information content (AvgIpc) is 2.35. The Morgan fingerprint density at radius 3 is 1.94 bits per heavy atom. The minimum Gasteiger partial charge on any atom is -0.0845 e. The molecular formula is C17H25. The van der Waals surface area contributed by atoms with E-state index in [1.807, 2.05) is 24.3 Å². The highest BCUT2D eigenvalue weighted by atomic mass is 13.9. The number of allylic oxidation sites excluding steroid dienone is 9. The Morgan fingerprint density at radius 1 is 0.706 bits per heavy atom. The van der Waals surface area contributed by atoms with E-state index in [1.54, 1.807) is 6.08 Å². The van der Waals surface area contributed by atoms with Crippen LogP contribution in [0.4, 0.5) is 0 Å². The molecule has 0 spiro atoms. The van der Waals surface area contributed by atoms with Crippen molar-refractivity contribution >= 4 is 0 Å². The lowest BCUT2D eigenvalue weighted by Crippen LogP contribution is -1.75. The first-order valence-electron chi connectivity index (χ1n) is 6.62. The first kappa shape index (κ1) is 15.7. The zero-order valence-corrected chi connectivity index (χ0v) is 11.0. The minimum absolute atomic E-state index is 1.19. The van der Waals surface area contributed by atoms with Crippen molar-refractivity contribution in [2.75, 3.05) is 0 Å². The van der Waals surface area contributed by atoms with Gasteiger partial charge < -0.3 is 0 Å². The Balaban J connectivity index is 3.40. The molecule has 0 N–H and O–H groups in total. The molecule has 0 aliphatic rings. The predicted octanol–water partition coefficient (Wildman–Crippen LogP) is 5.56. The third-order valence-corrected chi connectivity index (χ3v) is 2.39. The first-order valence-corrected chi connectivity index (χ1v) is 6.62. The zero-order chi connectivity index (χ0) is 12.6. The Bertz CT molecular complexity index is 264. The Labute approximate surface area is 107 Å². The van der Waals surface area contributed by atoms with Gasteiger partial charge in [-0.25, -0.2) is 0 Å². The third-order valence-electron chi connectivity index (χ3n) is 2.39. The van der Waals surface area contributed by atoms with Crippen LogP contribution >= 0.6 is 0 Å². The lowest BCUT2D eigenvalue weighted by Gasteiger charge is -1.95. The van der Waals surface area contributed by atoms with Crippen LogP contribution in [0.2, 0.25) is 0 Å². The van der Waals surface area contributed by atoms with Crippen LogP contribution < -0.4 is 0 Å². The lowest BCUT2D eigenvalue weighted by molar-refractivity contribution is 0.637. The molecular weight excluding hydrogens is 204 g/mol. The molecule has 0 unspecified atom stereocenters. The summed E-state index contributed by atoms with van der Waals surface area (Å²) in [6.07, 6.45) is 25.6. The van der Waals surface area contributed by atoms with Gasteiger partial charge in [0.1, 0.15) is 0 Å². The number of hydrogen-bond acceptors (Lipinski definition) is 0. The van der Waals surface area contributed by atoms with Crippen LogP contribution in [0, 0.1) is 6.58 Å². The van der Waals surface area contributed by atoms with E-state index in [9.17, 15) is 0 Å². The summed E-state index contributed by atoms with van der Waals surface area (Å²) in [6, 6.07) is 0. The highest BCUT2D eigenvalue weighted by Crippen LogP contribution is 2.05. The summed E-state index contributed by atoms with van der Waals surface area (Å²) >= 11 is 0. The standard InChI is InChI=1S/C17H25/c1-3-5-7-9-11-13-15-17-16-14-12-10-8-6-4-2/h1,3,5,7,9,11,13,15-17H,4,6,8,10,12,14H2,2H3/b3-1?,7-5+,11-9+,15-13+,17-16+. The molecule has 0 rings (SSSR count). The second-order valence-corrected chi connectivity index (χ2v) is 3.98. The second kappa shape index (κ2) is 14.7. The van der Waals surface area contributed by atoms with Gasteiger partial charge in [0.15, 0.2) is 0 Å². The normalized spacial score (nSPS) is 12.5. The third kappa shape index (κ3) is 14.7. The van der Waals surface area contributed by atoms with Crippen molar-refractivity contribution in [3.8, 4) is 0 Å². The van der Waals surface area contributed by atoms with Crippen LogP contribution in [0.25, 0.3) is 0 Å². The van der Waals surface area contributed by atoms with Crippen LogP contribution in [0.3, 0.4) is 0 Å². The molecule has 0 nitrogen and oxygen atoms in total. The molecule has 0 bridgehead atoms. The SMILES string of the molecule is [CH]=C/C=C/C=C/C=C/C=C/CCCCCCC. The number of hydrogen-bond donors (Lipinski definition) is 0. The van der Waals surface area contributed by atoms with Gasteiger partial charge in [0.25, 0.3) is 0 Å². The van der Waals surface area contributed by atoms with E-state index < -0.39 is 0 Å². The van der Waals surface area contributed by atoms with Crippen molar-refractivity contribution in [2.24, 2.45) is 0 Å². The van der Waals surface area contributed by atoms with Crippen molar-refractivity contribution in [2.45, 2.75) is 45.4 Å². The minimum atomic E-state index is 1.19. The summed E-state index contributed by atoms with van der Waals surface area (Å²) in [4.78, 5) is 0. The molecule has 0 amide bonds. The van der Waals surface area contributed by atoms with E-state index in [0.717, 1.165) is 0 Å². The molecule has 1 radical (unpaired) electrons. The molecule has 0 saturated carbocycles. The Kier molecular flexibility index (Phi) is 13.6. The maximum absolute atomic E-state index is 5.19. The van der Waals surface area contributed by atoms with Gasteiger partial charge in [-0.3, -0.25) is 0 Å². The van der Waals surface area contributed by atoms with Crippen molar-refractivity contribution in [1.29, 1.82) is 0 Å². The molecule has 93 valence electrons. The number of rotatable bonds is 10. The van der Waals surface area contributed by atoms with Gasteiger partial charge in [0.2, 0.25) is 0 Å². The van der Waals surface area contributed by atoms with Crippen LogP contribution in [-0.4, -0.2) is 0 Å². The molecule has 0 aromatic heterocycles. The highest BCUT2D eigenvalue weighted by Gasteiger charge is 1.85. The number of unbranched alkanes of at least 4 members (excludes halogenated alkanes) is 5. The van der Waals surface area contributed by atoms with E-state index in [0.29, 0.717) is 0 Å². The smallest absolute Gasteiger partial charge is 0.0348 e. The predicted molar refractivity (Wildman–Crippen MR) is 78.8 cm³/mol. The zero-order valence-electron chi connectivity index (χ0n) is 11.0. The fourth-order valence-corrected chi connectivity index (χ4v) is 1.43. The molecule has 0 aromatic carbocycles. The van der Waals surface area contributed by atoms with Gasteiger partial charge in [-0.1, -0.05) is 93.9 Å². The molecule has 0 saturated heterocycles. The largest absolute Gasteiger partial charge is 0.0845 e. The van der Waals surface area contributed by atoms with Gasteiger partial charge in [0.05, 0.1) is 0 Å². The van der Waals surface area contributed by atoms with Crippen LogP contribution in [-0.2, 0) is 0 Å². The topological polar surface area (TPSA) is 0 Å². The van der Waals surface area contributed by atoms with Crippen molar-refractivity contribution in [3.05, 3.63) is 61.3 Å². The van der Waals surface area contributed by atoms with E-state index in [1.165, 1.54) is 44.6 Å². The van der Waals surface area contributed by atoms with Gasteiger partial charge >= 0.3 is 0 Å². The quantitative estimate of drug-likeness (QED) is 0.340. The van der Waals surface area contributed by atoms with E-state index in [4.69, 9.17) is 6.58 Å². The maximum Gasteiger partial charge on any atom is -0.0348 e. The van der Waals surface area contributed by atoms with Gasteiger partial charge in [-0.2, -0.15) is 0 Å². The summed E-state index contributed by atoms with van der Waals surface area (Å²) in [5, 5.41) is 0. The van der Waals surface area contributed by atoms with Crippen molar-refractivity contribution in [1.82, 2.24) is 0 Å². The first-order chi connectivity index (χ1) is 8.41. The summed E-state index contributed by atoms with van der Waals surface area (Å²) in [5.41, 5.74) is 0. The fraction of sp³-hybridized carbons (Fsp3) is 0.412. The fourth-order valence-electron chi connectivity index (χ4n) is 1.43. The Morgan fingerprint density at radius 2 is 1.29 bits per heavy atom. The molecule has 0 atom stereocenters. The van der Waals surface area contributed by atoms with E-state index >= 15 is 0 Å².